The Kier molecular flexibility index (Phi) is 2.46. The summed E-state index contributed by atoms with van der Waals surface area (Å²) in [6.45, 7) is 0. The first-order valence-corrected chi connectivity index (χ1v) is 4.54. The van der Waals surface area contributed by atoms with Gasteiger partial charge in [0.1, 0.15) is 11.9 Å². The third kappa shape index (κ3) is 1.68. The van der Waals surface area contributed by atoms with E-state index in [0.29, 0.717) is 17.2 Å². The number of alkyl halides is 3. The summed E-state index contributed by atoms with van der Waals surface area (Å²) in [6, 6.07) is 3.76. The van der Waals surface area contributed by atoms with Crippen LogP contribution in [0.5, 0.6) is 0 Å². The molecular formula is C11H7F3O2. The molecule has 0 aliphatic carbocycles. The van der Waals surface area contributed by atoms with Crippen molar-refractivity contribution < 1.29 is 22.4 Å². The van der Waals surface area contributed by atoms with Crippen molar-refractivity contribution in [3.8, 4) is 0 Å². The number of rotatable bonds is 2. The third-order valence-electron chi connectivity index (χ3n) is 2.29. The van der Waals surface area contributed by atoms with Crippen molar-refractivity contribution in [2.45, 2.75) is 12.6 Å². The number of hydrogen-bond acceptors (Lipinski definition) is 2. The van der Waals surface area contributed by atoms with Gasteiger partial charge in [-0.3, -0.25) is 0 Å². The maximum Gasteiger partial charge on any atom is 0.420 e. The van der Waals surface area contributed by atoms with Crippen molar-refractivity contribution in [1.29, 1.82) is 0 Å². The van der Waals surface area contributed by atoms with Crippen LogP contribution in [0.4, 0.5) is 13.2 Å². The fourth-order valence-electron chi connectivity index (χ4n) is 1.58. The number of para-hydroxylation sites is 1. The van der Waals surface area contributed by atoms with E-state index in [1.807, 2.05) is 0 Å². The van der Waals surface area contributed by atoms with Crippen LogP contribution in [0.1, 0.15) is 11.1 Å². The highest BCUT2D eigenvalue weighted by Gasteiger charge is 2.34. The molecule has 84 valence electrons. The van der Waals surface area contributed by atoms with E-state index in [4.69, 9.17) is 4.42 Å². The number of benzene rings is 1. The number of hydrogen-bond donors (Lipinski definition) is 0. The minimum absolute atomic E-state index is 0.0499. The molecule has 1 heterocycles. The second-order valence-electron chi connectivity index (χ2n) is 3.31. The van der Waals surface area contributed by atoms with Gasteiger partial charge >= 0.3 is 6.18 Å². The molecule has 0 amide bonds. The van der Waals surface area contributed by atoms with Gasteiger partial charge in [0.05, 0.1) is 11.8 Å². The Bertz CT molecular complexity index is 525. The predicted octanol–water partition coefficient (Wildman–Crippen LogP) is 3.19. The van der Waals surface area contributed by atoms with Crippen LogP contribution in [-0.4, -0.2) is 6.29 Å². The Morgan fingerprint density at radius 3 is 2.69 bits per heavy atom. The van der Waals surface area contributed by atoms with Gasteiger partial charge in [0.25, 0.3) is 0 Å². The van der Waals surface area contributed by atoms with Crippen LogP contribution in [-0.2, 0) is 17.4 Å². The lowest BCUT2D eigenvalue weighted by atomic mass is 10.1. The van der Waals surface area contributed by atoms with Gasteiger partial charge < -0.3 is 9.21 Å². The largest absolute Gasteiger partial charge is 0.463 e. The van der Waals surface area contributed by atoms with Gasteiger partial charge in [-0.25, -0.2) is 0 Å². The normalized spacial score (nSPS) is 11.9. The lowest BCUT2D eigenvalue weighted by molar-refractivity contribution is -0.136. The van der Waals surface area contributed by atoms with Crippen molar-refractivity contribution in [2.75, 3.05) is 0 Å². The van der Waals surface area contributed by atoms with Crippen LogP contribution in [0.15, 0.2) is 28.9 Å². The first-order valence-electron chi connectivity index (χ1n) is 4.54. The lowest BCUT2D eigenvalue weighted by Gasteiger charge is -2.06. The molecule has 2 rings (SSSR count). The summed E-state index contributed by atoms with van der Waals surface area (Å²) in [4.78, 5) is 10.3. The molecule has 1 aromatic carbocycles. The van der Waals surface area contributed by atoms with E-state index in [0.717, 1.165) is 6.07 Å². The Balaban J connectivity index is 2.66. The minimum Gasteiger partial charge on any atom is -0.463 e. The van der Waals surface area contributed by atoms with Crippen LogP contribution < -0.4 is 0 Å². The molecule has 2 nitrogen and oxygen atoms in total. The Hall–Kier alpha value is -1.78. The maximum atomic E-state index is 12.6. The van der Waals surface area contributed by atoms with E-state index in [-0.39, 0.29) is 12.0 Å². The zero-order valence-corrected chi connectivity index (χ0v) is 8.04. The summed E-state index contributed by atoms with van der Waals surface area (Å²) in [6.07, 6.45) is -2.58. The van der Waals surface area contributed by atoms with E-state index in [1.165, 1.54) is 18.4 Å². The quantitative estimate of drug-likeness (QED) is 0.739. The van der Waals surface area contributed by atoms with Crippen molar-refractivity contribution in [3.05, 3.63) is 35.6 Å². The minimum atomic E-state index is -4.45. The van der Waals surface area contributed by atoms with Gasteiger partial charge in [0.15, 0.2) is 0 Å². The molecule has 0 N–H and O–H groups in total. The Morgan fingerprint density at radius 2 is 2.06 bits per heavy atom. The van der Waals surface area contributed by atoms with E-state index < -0.39 is 11.7 Å². The first kappa shape index (κ1) is 10.7. The average molecular weight is 228 g/mol. The second-order valence-corrected chi connectivity index (χ2v) is 3.31. The predicted molar refractivity (Wildman–Crippen MR) is 51.0 cm³/mol. The van der Waals surface area contributed by atoms with Crippen LogP contribution in [0.25, 0.3) is 11.0 Å². The van der Waals surface area contributed by atoms with Gasteiger partial charge in [-0.1, -0.05) is 12.1 Å². The van der Waals surface area contributed by atoms with Gasteiger partial charge in [-0.2, -0.15) is 13.2 Å². The summed E-state index contributed by atoms with van der Waals surface area (Å²) >= 11 is 0. The zero-order chi connectivity index (χ0) is 11.8. The molecule has 1 aromatic heterocycles. The van der Waals surface area contributed by atoms with Gasteiger partial charge in [-0.15, -0.1) is 0 Å². The van der Waals surface area contributed by atoms with Crippen LogP contribution in [0.2, 0.25) is 0 Å². The molecule has 0 atom stereocenters. The molecule has 0 saturated heterocycles. The highest BCUT2D eigenvalue weighted by Crippen LogP contribution is 2.36. The molecule has 0 aliphatic heterocycles. The van der Waals surface area contributed by atoms with E-state index in [1.54, 1.807) is 0 Å². The lowest BCUT2D eigenvalue weighted by Crippen LogP contribution is -2.04. The molecular weight excluding hydrogens is 221 g/mol. The molecule has 0 saturated carbocycles. The molecule has 5 heteroatoms. The van der Waals surface area contributed by atoms with Crippen molar-refractivity contribution in [3.63, 3.8) is 0 Å². The molecule has 0 unspecified atom stereocenters. The first-order chi connectivity index (χ1) is 7.54. The topological polar surface area (TPSA) is 30.2 Å². The average Bonchev–Trinajstić information content (AvgIpc) is 2.61. The molecule has 0 radical (unpaired) electrons. The molecule has 0 aliphatic rings. The van der Waals surface area contributed by atoms with E-state index >= 15 is 0 Å². The maximum absolute atomic E-state index is 12.6. The van der Waals surface area contributed by atoms with Crippen molar-refractivity contribution in [1.82, 2.24) is 0 Å². The summed E-state index contributed by atoms with van der Waals surface area (Å²) in [5, 5.41) is 0.335. The monoisotopic (exact) mass is 228 g/mol. The number of halogens is 3. The highest BCUT2D eigenvalue weighted by molar-refractivity contribution is 5.86. The van der Waals surface area contributed by atoms with Gasteiger partial charge in [-0.05, 0) is 6.07 Å². The molecule has 0 fully saturated rings. The SMILES string of the molecule is O=CCc1coc2c(C(F)(F)F)cccc12. The number of carbonyl (C=O) groups is 1. The molecule has 16 heavy (non-hydrogen) atoms. The summed E-state index contributed by atoms with van der Waals surface area (Å²) in [5.41, 5.74) is -0.565. The van der Waals surface area contributed by atoms with E-state index in [9.17, 15) is 18.0 Å². The second kappa shape index (κ2) is 3.66. The van der Waals surface area contributed by atoms with Gasteiger partial charge in [0, 0.05) is 17.4 Å². The fraction of sp³-hybridized carbons (Fsp3) is 0.182. The smallest absolute Gasteiger partial charge is 0.420 e. The van der Waals surface area contributed by atoms with Crippen LogP contribution in [0.3, 0.4) is 0 Å². The summed E-state index contributed by atoms with van der Waals surface area (Å²) in [7, 11) is 0. The standard InChI is InChI=1S/C11H7F3O2/c12-11(13,14)9-3-1-2-8-7(4-5-15)6-16-10(8)9/h1-3,5-6H,4H2. The number of fused-ring (bicyclic) bond motifs is 1. The molecule has 0 bridgehead atoms. The van der Waals surface area contributed by atoms with Crippen molar-refractivity contribution >= 4 is 17.3 Å². The summed E-state index contributed by atoms with van der Waals surface area (Å²) in [5.74, 6) is 0. The van der Waals surface area contributed by atoms with Crippen molar-refractivity contribution in [2.24, 2.45) is 0 Å². The fourth-order valence-corrected chi connectivity index (χ4v) is 1.58. The Morgan fingerprint density at radius 1 is 1.31 bits per heavy atom. The Labute approximate surface area is 88.7 Å². The highest BCUT2D eigenvalue weighted by atomic mass is 19.4. The number of carbonyl (C=O) groups excluding carboxylic acids is 1. The van der Waals surface area contributed by atoms with E-state index in [2.05, 4.69) is 0 Å². The number of aldehydes is 1. The van der Waals surface area contributed by atoms with Gasteiger partial charge in [0.2, 0.25) is 0 Å². The van der Waals surface area contributed by atoms with Crippen LogP contribution >= 0.6 is 0 Å². The number of furan rings is 1. The third-order valence-corrected chi connectivity index (χ3v) is 2.29. The van der Waals surface area contributed by atoms with Crippen LogP contribution in [0, 0.1) is 0 Å². The summed E-state index contributed by atoms with van der Waals surface area (Å²) < 4.78 is 42.6. The molecule has 2 aromatic rings. The zero-order valence-electron chi connectivity index (χ0n) is 8.04. The molecule has 0 spiro atoms.